The smallest absolute Gasteiger partial charge is 0.350 e. The van der Waals surface area contributed by atoms with E-state index in [-0.39, 0.29) is 53.5 Å². The molecule has 2 aliphatic rings. The van der Waals surface area contributed by atoms with Crippen LogP contribution in [0.1, 0.15) is 44.6 Å². The summed E-state index contributed by atoms with van der Waals surface area (Å²) in [4.78, 5) is 28.4. The minimum Gasteiger partial charge on any atom is -0.350 e. The van der Waals surface area contributed by atoms with E-state index in [2.05, 4.69) is 15.6 Å². The molecule has 0 radical (unpaired) electrons. The number of rotatable bonds is 6. The molecule has 2 aromatic rings. The van der Waals surface area contributed by atoms with Crippen LogP contribution in [0.4, 0.5) is 39.5 Å². The van der Waals surface area contributed by atoms with Gasteiger partial charge in [0.1, 0.15) is 5.41 Å². The van der Waals surface area contributed by atoms with E-state index in [1.54, 1.807) is 11.8 Å². The molecule has 0 aliphatic carbocycles. The lowest BCUT2D eigenvalue weighted by atomic mass is 9.75. The van der Waals surface area contributed by atoms with Gasteiger partial charge in [-0.1, -0.05) is 6.07 Å². The lowest BCUT2D eigenvalue weighted by Gasteiger charge is -2.32. The summed E-state index contributed by atoms with van der Waals surface area (Å²) < 4.78 is 124. The number of nitrogens with one attached hydrogen (secondary N) is 2. The van der Waals surface area contributed by atoms with E-state index < -0.39 is 59.5 Å². The minimum atomic E-state index is -5.32. The fourth-order valence-corrected chi connectivity index (χ4v) is 5.19. The van der Waals surface area contributed by atoms with Gasteiger partial charge in [-0.25, -0.2) is 0 Å². The van der Waals surface area contributed by atoms with Crippen LogP contribution in [0.25, 0.3) is 0 Å². The number of thioether (sulfide) groups is 1. The molecule has 2 amide bonds. The summed E-state index contributed by atoms with van der Waals surface area (Å²) in [5, 5.41) is 5.18. The second-order valence-electron chi connectivity index (χ2n) is 9.83. The molecule has 1 unspecified atom stereocenters. The molecule has 1 saturated heterocycles. The topological polar surface area (TPSA) is 70.6 Å². The standard InChI is InChI=1S/C26H22F9N3O2S/c1-13-4-14(2-3-19(13)22(40)36-9-21(39)38-18-10-41-11-18)20-8-23(12-37-20,26(33,34)35)15-5-16(24(27,28)29)7-17(6-15)25(30,31)32/h2-7,18H,8-12H2,1H3,(H,36,40)(H,38,39). The van der Waals surface area contributed by atoms with Crippen molar-refractivity contribution >= 4 is 29.3 Å². The van der Waals surface area contributed by atoms with Crippen LogP contribution in [-0.2, 0) is 22.6 Å². The molecule has 0 aromatic heterocycles. The molecule has 41 heavy (non-hydrogen) atoms. The van der Waals surface area contributed by atoms with Crippen LogP contribution >= 0.6 is 11.8 Å². The Morgan fingerprint density at radius 1 is 0.951 bits per heavy atom. The molecule has 222 valence electrons. The fraction of sp³-hybridized carbons (Fsp3) is 0.423. The normalized spacial score (nSPS) is 19.9. The van der Waals surface area contributed by atoms with Crippen LogP contribution < -0.4 is 10.6 Å². The Kier molecular flexibility index (Phi) is 8.15. The van der Waals surface area contributed by atoms with Crippen molar-refractivity contribution < 1.29 is 49.1 Å². The van der Waals surface area contributed by atoms with Gasteiger partial charge in [-0.05, 0) is 53.9 Å². The van der Waals surface area contributed by atoms with Gasteiger partial charge in [-0.3, -0.25) is 14.6 Å². The van der Waals surface area contributed by atoms with Crippen LogP contribution in [0.2, 0.25) is 0 Å². The van der Waals surface area contributed by atoms with Crippen LogP contribution in [0, 0.1) is 6.92 Å². The number of aliphatic imine (C=N–C) groups is 1. The number of hydrogen-bond donors (Lipinski definition) is 2. The lowest BCUT2D eigenvalue weighted by Crippen LogP contribution is -2.47. The Morgan fingerprint density at radius 2 is 1.56 bits per heavy atom. The van der Waals surface area contributed by atoms with E-state index in [9.17, 15) is 49.1 Å². The number of nitrogens with zero attached hydrogens (tertiary/aromatic N) is 1. The Morgan fingerprint density at radius 3 is 2.05 bits per heavy atom. The molecule has 0 spiro atoms. The maximum Gasteiger partial charge on any atom is 0.416 e. The van der Waals surface area contributed by atoms with Crippen LogP contribution in [0.5, 0.6) is 0 Å². The van der Waals surface area contributed by atoms with Crippen LogP contribution in [0.3, 0.4) is 0 Å². The molecule has 2 aliphatic heterocycles. The molecule has 0 bridgehead atoms. The number of benzene rings is 2. The van der Waals surface area contributed by atoms with Gasteiger partial charge in [0.05, 0.1) is 24.2 Å². The molecular weight excluding hydrogens is 589 g/mol. The predicted molar refractivity (Wildman–Crippen MR) is 133 cm³/mol. The zero-order valence-corrected chi connectivity index (χ0v) is 22.0. The minimum absolute atomic E-state index is 0.0393. The molecular formula is C26H22F9N3O2S. The molecule has 0 saturated carbocycles. The average molecular weight is 612 g/mol. The first-order valence-electron chi connectivity index (χ1n) is 12.1. The Balaban J connectivity index is 1.58. The monoisotopic (exact) mass is 611 g/mol. The number of aryl methyl sites for hydroxylation is 1. The fourth-order valence-electron chi connectivity index (χ4n) is 4.55. The molecule has 2 heterocycles. The number of carbonyl (C=O) groups excluding carboxylic acids is 2. The van der Waals surface area contributed by atoms with Crippen molar-refractivity contribution in [3.05, 3.63) is 69.8 Å². The van der Waals surface area contributed by atoms with Gasteiger partial charge >= 0.3 is 18.5 Å². The summed E-state index contributed by atoms with van der Waals surface area (Å²) in [6.07, 6.45) is -16.9. The highest BCUT2D eigenvalue weighted by Gasteiger charge is 2.59. The largest absolute Gasteiger partial charge is 0.416 e. The quantitative estimate of drug-likeness (QED) is 0.413. The molecule has 1 atom stereocenters. The molecule has 2 aromatic carbocycles. The number of hydrogen-bond acceptors (Lipinski definition) is 4. The number of carbonyl (C=O) groups is 2. The molecule has 5 nitrogen and oxygen atoms in total. The zero-order valence-electron chi connectivity index (χ0n) is 21.2. The number of amides is 2. The van der Waals surface area contributed by atoms with Gasteiger partial charge < -0.3 is 10.6 Å². The van der Waals surface area contributed by atoms with Gasteiger partial charge in [0.2, 0.25) is 5.91 Å². The second-order valence-corrected chi connectivity index (χ2v) is 10.9. The van der Waals surface area contributed by atoms with Crippen molar-refractivity contribution in [3.63, 3.8) is 0 Å². The van der Waals surface area contributed by atoms with Crippen LogP contribution in [-0.4, -0.2) is 54.3 Å². The highest BCUT2D eigenvalue weighted by molar-refractivity contribution is 8.00. The number of halogens is 9. The summed E-state index contributed by atoms with van der Waals surface area (Å²) in [6.45, 7) is 0.0677. The van der Waals surface area contributed by atoms with E-state index in [0.29, 0.717) is 5.56 Å². The van der Waals surface area contributed by atoms with E-state index >= 15 is 0 Å². The summed E-state index contributed by atoms with van der Waals surface area (Å²) >= 11 is 1.66. The van der Waals surface area contributed by atoms with Crippen LogP contribution in [0.15, 0.2) is 41.4 Å². The zero-order chi connectivity index (χ0) is 30.4. The first-order chi connectivity index (χ1) is 18.9. The summed E-state index contributed by atoms with van der Waals surface area (Å²) in [5.41, 5.74) is -7.70. The second kappa shape index (κ2) is 10.9. The third-order valence-corrected chi connectivity index (χ3v) is 8.19. The highest BCUT2D eigenvalue weighted by Crippen LogP contribution is 2.50. The van der Waals surface area contributed by atoms with Crippen molar-refractivity contribution in [2.75, 3.05) is 24.6 Å². The lowest BCUT2D eigenvalue weighted by molar-refractivity contribution is -0.184. The SMILES string of the molecule is Cc1cc(C2=NCC(c3cc(C(F)(F)F)cc(C(F)(F)F)c3)(C(F)(F)F)C2)ccc1C(=O)NCC(=O)NC1CSC1. The van der Waals surface area contributed by atoms with E-state index in [1.165, 1.54) is 25.1 Å². The number of alkyl halides is 9. The van der Waals surface area contributed by atoms with E-state index in [0.717, 1.165) is 11.5 Å². The van der Waals surface area contributed by atoms with Gasteiger partial charge in [-0.2, -0.15) is 51.3 Å². The summed E-state index contributed by atoms with van der Waals surface area (Å²) in [6, 6.07) is 3.90. The predicted octanol–water partition coefficient (Wildman–Crippen LogP) is 5.69. The Bertz CT molecular complexity index is 1350. The molecule has 15 heteroatoms. The van der Waals surface area contributed by atoms with Crippen molar-refractivity contribution in [1.29, 1.82) is 0 Å². The highest BCUT2D eigenvalue weighted by atomic mass is 32.2. The van der Waals surface area contributed by atoms with Gasteiger partial charge in [0.15, 0.2) is 0 Å². The maximum atomic E-state index is 14.4. The summed E-state index contributed by atoms with van der Waals surface area (Å²) in [7, 11) is 0. The van der Waals surface area contributed by atoms with Crippen molar-refractivity contribution in [1.82, 2.24) is 10.6 Å². The van der Waals surface area contributed by atoms with E-state index in [4.69, 9.17) is 0 Å². The molecule has 4 rings (SSSR count). The van der Waals surface area contributed by atoms with Gasteiger partial charge in [-0.15, -0.1) is 0 Å². The first-order valence-corrected chi connectivity index (χ1v) is 13.2. The van der Waals surface area contributed by atoms with Crippen molar-refractivity contribution in [2.24, 2.45) is 4.99 Å². The maximum absolute atomic E-state index is 14.4. The van der Waals surface area contributed by atoms with E-state index in [1.807, 2.05) is 0 Å². The first kappa shape index (κ1) is 30.7. The third kappa shape index (κ3) is 6.49. The van der Waals surface area contributed by atoms with Crippen molar-refractivity contribution in [2.45, 2.75) is 43.3 Å². The Hall–Kier alpha value is -3.23. The van der Waals surface area contributed by atoms with Gasteiger partial charge in [0, 0.05) is 35.2 Å². The Labute approximate surface area is 232 Å². The summed E-state index contributed by atoms with van der Waals surface area (Å²) in [5.74, 6) is 0.549. The molecule has 2 N–H and O–H groups in total. The third-order valence-electron chi connectivity index (χ3n) is 6.91. The van der Waals surface area contributed by atoms with Crippen molar-refractivity contribution in [3.8, 4) is 0 Å². The molecule has 1 fully saturated rings. The average Bonchev–Trinajstić information content (AvgIpc) is 3.31. The van der Waals surface area contributed by atoms with Gasteiger partial charge in [0.25, 0.3) is 5.91 Å².